The molecule has 1 rings (SSSR count). The van der Waals surface area contributed by atoms with Crippen LogP contribution in [0.5, 0.6) is 5.75 Å². The van der Waals surface area contributed by atoms with Crippen LogP contribution < -0.4 is 9.65 Å². The summed E-state index contributed by atoms with van der Waals surface area (Å²) < 4.78 is 37.5. The normalized spacial score (nSPS) is 10.7. The van der Waals surface area contributed by atoms with Gasteiger partial charge in [0.05, 0.1) is 6.54 Å². The van der Waals surface area contributed by atoms with Crippen molar-refractivity contribution in [1.82, 2.24) is 0 Å². The molecule has 0 unspecified atom stereocenters. The first-order valence-corrected chi connectivity index (χ1v) is 6.20. The maximum Gasteiger partial charge on any atom is 0.488 e. The highest BCUT2D eigenvalue weighted by Gasteiger charge is 2.21. The molecule has 0 heterocycles. The molecular weight excluding hydrogens is 280 g/mol. The van der Waals surface area contributed by atoms with Gasteiger partial charge in [-0.1, -0.05) is 15.1 Å². The Morgan fingerprint density at radius 2 is 2.16 bits per heavy atom. The van der Waals surface area contributed by atoms with E-state index in [1.807, 2.05) is 0 Å². The molecule has 0 aliphatic carbocycles. The van der Waals surface area contributed by atoms with Crippen LogP contribution in [0.4, 0.5) is 3.89 Å². The van der Waals surface area contributed by atoms with Crippen LogP contribution in [0, 0.1) is 6.92 Å². The third-order valence-corrected chi connectivity index (χ3v) is 2.62. The van der Waals surface area contributed by atoms with Crippen LogP contribution in [0.1, 0.15) is 11.1 Å². The van der Waals surface area contributed by atoms with Gasteiger partial charge in [0.1, 0.15) is 5.75 Å². The topological polar surface area (TPSA) is 133 Å². The predicted octanol–water partition coefficient (Wildman–Crippen LogP) is 0.0782. The number of hydrogen-bond acceptors (Lipinski definition) is 6. The van der Waals surface area contributed by atoms with E-state index >= 15 is 0 Å². The second-order valence-electron chi connectivity index (χ2n) is 3.55. The average molecular weight is 289 g/mol. The monoisotopic (exact) mass is 289 g/mol. The molecule has 0 bridgehead atoms. The summed E-state index contributed by atoms with van der Waals surface area (Å²) in [5, 5.41) is 21.5. The molecule has 0 aliphatic heterocycles. The van der Waals surface area contributed by atoms with Crippen molar-refractivity contribution in [3.05, 3.63) is 33.7 Å². The number of azide groups is 1. The van der Waals surface area contributed by atoms with Crippen LogP contribution in [-0.2, 0) is 17.0 Å². The van der Waals surface area contributed by atoms with E-state index in [0.29, 0.717) is 0 Å². The quantitative estimate of drug-likeness (QED) is 0.260. The van der Waals surface area contributed by atoms with E-state index in [-0.39, 0.29) is 23.1 Å². The number of rotatable bonds is 5. The highest BCUT2D eigenvalue weighted by atomic mass is 32.3. The zero-order valence-electron chi connectivity index (χ0n) is 9.69. The highest BCUT2D eigenvalue weighted by Crippen LogP contribution is 2.21. The molecule has 1 aromatic rings. The SMILES string of the molecule is Cc1c(OS(=O)(=O)F)cc(CN=[N+]=[N-])cc1B(O)O. The number of halogens is 1. The first-order valence-electron chi connectivity index (χ1n) is 4.89. The Morgan fingerprint density at radius 1 is 1.53 bits per heavy atom. The molecule has 0 radical (unpaired) electrons. The van der Waals surface area contributed by atoms with Crippen molar-refractivity contribution in [2.45, 2.75) is 13.5 Å². The molecule has 0 saturated carbocycles. The fourth-order valence-electron chi connectivity index (χ4n) is 1.44. The zero-order chi connectivity index (χ0) is 14.6. The second kappa shape index (κ2) is 5.89. The molecule has 0 aliphatic rings. The van der Waals surface area contributed by atoms with Gasteiger partial charge in [-0.2, -0.15) is 8.42 Å². The lowest BCUT2D eigenvalue weighted by Crippen LogP contribution is -2.33. The Hall–Kier alpha value is -1.81. The first-order chi connectivity index (χ1) is 8.74. The number of hydrogen-bond donors (Lipinski definition) is 2. The summed E-state index contributed by atoms with van der Waals surface area (Å²) in [4.78, 5) is 2.50. The van der Waals surface area contributed by atoms with Crippen molar-refractivity contribution < 1.29 is 26.5 Å². The summed E-state index contributed by atoms with van der Waals surface area (Å²) in [7, 11) is -7.15. The Bertz CT molecular complexity index is 630. The lowest BCUT2D eigenvalue weighted by Gasteiger charge is -2.11. The van der Waals surface area contributed by atoms with Gasteiger partial charge < -0.3 is 14.2 Å². The van der Waals surface area contributed by atoms with Crippen molar-refractivity contribution in [2.75, 3.05) is 0 Å². The van der Waals surface area contributed by atoms with Crippen molar-refractivity contribution in [3.63, 3.8) is 0 Å². The summed E-state index contributed by atoms with van der Waals surface area (Å²) >= 11 is 0. The van der Waals surface area contributed by atoms with Gasteiger partial charge in [0, 0.05) is 4.91 Å². The van der Waals surface area contributed by atoms with Crippen molar-refractivity contribution >= 4 is 23.1 Å². The summed E-state index contributed by atoms with van der Waals surface area (Å²) in [6.07, 6.45) is 0. The maximum atomic E-state index is 12.5. The predicted molar refractivity (Wildman–Crippen MR) is 64.5 cm³/mol. The van der Waals surface area contributed by atoms with Crippen molar-refractivity contribution in [1.29, 1.82) is 0 Å². The molecule has 19 heavy (non-hydrogen) atoms. The average Bonchev–Trinajstić information content (AvgIpc) is 2.27. The lowest BCUT2D eigenvalue weighted by atomic mass is 9.76. The minimum atomic E-state index is -5.25. The Kier molecular flexibility index (Phi) is 4.73. The van der Waals surface area contributed by atoms with Gasteiger partial charge in [-0.3, -0.25) is 0 Å². The van der Waals surface area contributed by atoms with E-state index in [4.69, 9.17) is 15.6 Å². The maximum absolute atomic E-state index is 12.5. The Labute approximate surface area is 108 Å². The van der Waals surface area contributed by atoms with Crippen molar-refractivity contribution in [3.8, 4) is 5.75 Å². The molecule has 0 spiro atoms. The molecule has 102 valence electrons. The smallest absolute Gasteiger partial charge is 0.423 e. The molecular formula is C8H9BFN3O5S. The van der Waals surface area contributed by atoms with Gasteiger partial charge in [0.25, 0.3) is 0 Å². The first kappa shape index (κ1) is 15.3. The van der Waals surface area contributed by atoms with E-state index in [9.17, 15) is 12.3 Å². The van der Waals surface area contributed by atoms with E-state index in [0.717, 1.165) is 6.07 Å². The molecule has 0 atom stereocenters. The van der Waals surface area contributed by atoms with Gasteiger partial charge in [-0.15, -0.1) is 0 Å². The minimum absolute atomic E-state index is 0.0425. The fourth-order valence-corrected chi connectivity index (χ4v) is 1.82. The molecule has 1 aromatic carbocycles. The molecule has 11 heteroatoms. The van der Waals surface area contributed by atoms with Gasteiger partial charge in [-0.05, 0) is 35.1 Å². The molecule has 8 nitrogen and oxygen atoms in total. The number of benzene rings is 1. The van der Waals surface area contributed by atoms with E-state index in [1.54, 1.807) is 0 Å². The molecule has 0 aromatic heterocycles. The molecule has 0 fully saturated rings. The summed E-state index contributed by atoms with van der Waals surface area (Å²) in [5.41, 5.74) is 8.39. The summed E-state index contributed by atoms with van der Waals surface area (Å²) in [6, 6.07) is 2.42. The van der Waals surface area contributed by atoms with E-state index < -0.39 is 23.4 Å². The van der Waals surface area contributed by atoms with Crippen LogP contribution >= 0.6 is 0 Å². The zero-order valence-corrected chi connectivity index (χ0v) is 10.5. The summed E-state index contributed by atoms with van der Waals surface area (Å²) in [5.74, 6) is -0.406. The van der Waals surface area contributed by atoms with Gasteiger partial charge in [0.15, 0.2) is 0 Å². The molecule has 2 N–H and O–H groups in total. The summed E-state index contributed by atoms with van der Waals surface area (Å²) in [6.45, 7) is 1.14. The lowest BCUT2D eigenvalue weighted by molar-refractivity contribution is 0.422. The van der Waals surface area contributed by atoms with Gasteiger partial charge in [-0.25, -0.2) is 0 Å². The third-order valence-electron chi connectivity index (χ3n) is 2.24. The molecule has 0 amide bonds. The van der Waals surface area contributed by atoms with Gasteiger partial charge >= 0.3 is 17.6 Å². The molecule has 0 saturated heterocycles. The Balaban J connectivity index is 3.35. The van der Waals surface area contributed by atoms with Gasteiger partial charge in [0.2, 0.25) is 0 Å². The van der Waals surface area contributed by atoms with Crippen LogP contribution in [0.2, 0.25) is 0 Å². The highest BCUT2D eigenvalue weighted by molar-refractivity contribution is 7.81. The number of nitrogens with zero attached hydrogens (tertiary/aromatic N) is 3. The van der Waals surface area contributed by atoms with Crippen LogP contribution in [0.25, 0.3) is 10.4 Å². The van der Waals surface area contributed by atoms with Crippen LogP contribution in [0.15, 0.2) is 17.2 Å². The van der Waals surface area contributed by atoms with Crippen LogP contribution in [0.3, 0.4) is 0 Å². The minimum Gasteiger partial charge on any atom is -0.423 e. The standard InChI is InChI=1S/C8H9BFN3O5S/c1-5-7(9(14)15)2-6(4-12-13-11)3-8(5)18-19(10,16)17/h2-3,14-15H,4H2,1H3. The van der Waals surface area contributed by atoms with Crippen molar-refractivity contribution in [2.24, 2.45) is 5.11 Å². The van der Waals surface area contributed by atoms with Crippen LogP contribution in [-0.4, -0.2) is 25.6 Å². The fraction of sp³-hybridized carbons (Fsp3) is 0.250. The largest absolute Gasteiger partial charge is 0.488 e. The third kappa shape index (κ3) is 4.41. The van der Waals surface area contributed by atoms with E-state index in [1.165, 1.54) is 13.0 Å². The Morgan fingerprint density at radius 3 is 2.63 bits per heavy atom. The van der Waals surface area contributed by atoms with E-state index in [2.05, 4.69) is 14.2 Å². The second-order valence-corrected chi connectivity index (χ2v) is 4.50.